The highest BCUT2D eigenvalue weighted by atomic mass is 16.4. The number of carbonyl (C=O) groups excluding carboxylic acids is 4. The van der Waals surface area contributed by atoms with Crippen LogP contribution in [0.1, 0.15) is 37.8 Å². The smallest absolute Gasteiger partial charge is 0.326 e. The minimum Gasteiger partial charge on any atom is -0.480 e. The number of hydrogen-bond acceptors (Lipinski definition) is 8. The maximum absolute atomic E-state index is 12.5. The summed E-state index contributed by atoms with van der Waals surface area (Å²) in [5, 5.41) is 16.4. The number of unbranched alkanes of at least 4 members (excludes halogenated alkanes) is 1. The van der Waals surface area contributed by atoms with Gasteiger partial charge in [0.2, 0.25) is 23.6 Å². The average Bonchev–Trinajstić information content (AvgIpc) is 3.27. The van der Waals surface area contributed by atoms with Crippen LogP contribution in [0.15, 0.2) is 12.5 Å². The van der Waals surface area contributed by atoms with Gasteiger partial charge in [-0.05, 0) is 25.8 Å². The van der Waals surface area contributed by atoms with E-state index in [1.165, 1.54) is 12.5 Å². The van der Waals surface area contributed by atoms with Crippen molar-refractivity contribution in [1.29, 1.82) is 0 Å². The fourth-order valence-corrected chi connectivity index (χ4v) is 2.83. The first-order valence-electron chi connectivity index (χ1n) is 10.5. The Morgan fingerprint density at radius 2 is 1.79 bits per heavy atom. The van der Waals surface area contributed by atoms with E-state index >= 15 is 0 Å². The van der Waals surface area contributed by atoms with Gasteiger partial charge in [-0.2, -0.15) is 0 Å². The van der Waals surface area contributed by atoms with Crippen molar-refractivity contribution in [3.63, 3.8) is 0 Å². The third-order valence-corrected chi connectivity index (χ3v) is 4.65. The van der Waals surface area contributed by atoms with Gasteiger partial charge in [-0.3, -0.25) is 19.2 Å². The van der Waals surface area contributed by atoms with Crippen LogP contribution in [0.5, 0.6) is 0 Å². The summed E-state index contributed by atoms with van der Waals surface area (Å²) < 4.78 is 0. The molecule has 0 aliphatic carbocycles. The number of nitrogens with zero attached hydrogens (tertiary/aromatic N) is 1. The summed E-state index contributed by atoms with van der Waals surface area (Å²) in [6.45, 7) is -0.0816. The van der Waals surface area contributed by atoms with Crippen LogP contribution >= 0.6 is 0 Å². The van der Waals surface area contributed by atoms with Crippen LogP contribution in [0, 0.1) is 0 Å². The van der Waals surface area contributed by atoms with Crippen LogP contribution in [-0.2, 0) is 30.4 Å². The molecule has 3 unspecified atom stereocenters. The summed E-state index contributed by atoms with van der Waals surface area (Å²) in [4.78, 5) is 66.0. The summed E-state index contributed by atoms with van der Waals surface area (Å²) in [5.41, 5.74) is 16.9. The number of nitrogens with one attached hydrogen (secondary N) is 4. The number of carboxylic acids is 1. The van der Waals surface area contributed by atoms with E-state index in [0.717, 1.165) is 0 Å². The molecule has 184 valence electrons. The Balaban J connectivity index is 2.63. The lowest BCUT2D eigenvalue weighted by Gasteiger charge is -2.20. The topological polar surface area (TPSA) is 248 Å². The zero-order chi connectivity index (χ0) is 24.8. The van der Waals surface area contributed by atoms with Crippen molar-refractivity contribution in [2.75, 3.05) is 13.1 Å². The van der Waals surface area contributed by atoms with Gasteiger partial charge in [0.05, 0.1) is 18.9 Å². The molecule has 1 rings (SSSR count). The van der Waals surface area contributed by atoms with E-state index in [1.807, 2.05) is 0 Å². The number of aliphatic carboxylic acids is 1. The van der Waals surface area contributed by atoms with Gasteiger partial charge in [-0.25, -0.2) is 9.78 Å². The number of hydrogen-bond donors (Lipinski definition) is 8. The Morgan fingerprint density at radius 3 is 2.36 bits per heavy atom. The monoisotopic (exact) mass is 468 g/mol. The number of amides is 4. The second-order valence-corrected chi connectivity index (χ2v) is 7.41. The number of nitrogens with two attached hydrogens (primary N) is 3. The van der Waals surface area contributed by atoms with Gasteiger partial charge in [0.25, 0.3) is 0 Å². The Hall–Kier alpha value is -3.52. The van der Waals surface area contributed by atoms with Crippen molar-refractivity contribution < 1.29 is 29.1 Å². The normalized spacial score (nSPS) is 13.4. The first-order valence-corrected chi connectivity index (χ1v) is 10.5. The molecule has 3 atom stereocenters. The Labute approximate surface area is 190 Å². The number of rotatable bonds is 16. The zero-order valence-corrected chi connectivity index (χ0v) is 18.2. The predicted octanol–water partition coefficient (Wildman–Crippen LogP) is -3.16. The Bertz CT molecular complexity index is 800. The molecule has 0 aliphatic heterocycles. The maximum atomic E-state index is 12.5. The molecule has 0 radical (unpaired) electrons. The molecule has 0 spiro atoms. The SMILES string of the molecule is NCCCCC(N)C(=O)NC(CCC(N)=O)C(=O)NCC(=O)NC(Cc1cnc[nH]1)C(=O)O. The van der Waals surface area contributed by atoms with E-state index in [0.29, 0.717) is 31.5 Å². The highest BCUT2D eigenvalue weighted by molar-refractivity contribution is 5.92. The lowest BCUT2D eigenvalue weighted by Crippen LogP contribution is -2.53. The molecule has 1 aromatic heterocycles. The molecule has 14 heteroatoms. The molecule has 4 amide bonds. The minimum atomic E-state index is -1.26. The second-order valence-electron chi connectivity index (χ2n) is 7.41. The van der Waals surface area contributed by atoms with Crippen molar-refractivity contribution >= 4 is 29.6 Å². The Morgan fingerprint density at radius 1 is 1.06 bits per heavy atom. The molecule has 0 saturated carbocycles. The average molecular weight is 469 g/mol. The van der Waals surface area contributed by atoms with Crippen LogP contribution < -0.4 is 33.2 Å². The number of H-pyrrole nitrogens is 1. The lowest BCUT2D eigenvalue weighted by atomic mass is 10.1. The molecular weight excluding hydrogens is 436 g/mol. The predicted molar refractivity (Wildman–Crippen MR) is 116 cm³/mol. The van der Waals surface area contributed by atoms with E-state index in [1.54, 1.807) is 0 Å². The van der Waals surface area contributed by atoms with Crippen molar-refractivity contribution in [1.82, 2.24) is 25.9 Å². The minimum absolute atomic E-state index is 0.0334. The van der Waals surface area contributed by atoms with E-state index < -0.39 is 54.3 Å². The molecule has 0 fully saturated rings. The molecule has 0 aromatic carbocycles. The highest BCUT2D eigenvalue weighted by Gasteiger charge is 2.25. The maximum Gasteiger partial charge on any atom is 0.326 e. The van der Waals surface area contributed by atoms with E-state index in [9.17, 15) is 29.1 Å². The van der Waals surface area contributed by atoms with Crippen molar-refractivity contribution in [2.45, 2.75) is 56.7 Å². The van der Waals surface area contributed by atoms with Crippen LogP contribution in [0.3, 0.4) is 0 Å². The summed E-state index contributed by atoms with van der Waals surface area (Å²) >= 11 is 0. The molecule has 1 aromatic rings. The number of aromatic amines is 1. The molecular formula is C19H32N8O6. The molecule has 14 nitrogen and oxygen atoms in total. The molecule has 0 bridgehead atoms. The van der Waals surface area contributed by atoms with Crippen LogP contribution in [0.25, 0.3) is 0 Å². The van der Waals surface area contributed by atoms with Gasteiger partial charge in [0, 0.05) is 24.7 Å². The fourth-order valence-electron chi connectivity index (χ4n) is 2.83. The molecule has 33 heavy (non-hydrogen) atoms. The number of primary amides is 1. The van der Waals surface area contributed by atoms with Gasteiger partial charge < -0.3 is 43.2 Å². The number of imidazole rings is 1. The molecule has 0 aliphatic rings. The largest absolute Gasteiger partial charge is 0.480 e. The molecule has 0 saturated heterocycles. The van der Waals surface area contributed by atoms with E-state index in [2.05, 4.69) is 25.9 Å². The quantitative estimate of drug-likeness (QED) is 0.114. The first-order chi connectivity index (χ1) is 15.6. The van der Waals surface area contributed by atoms with Crippen LogP contribution in [0.2, 0.25) is 0 Å². The summed E-state index contributed by atoms with van der Waals surface area (Å²) in [7, 11) is 0. The number of aromatic nitrogens is 2. The van der Waals surface area contributed by atoms with Crippen molar-refractivity contribution in [3.05, 3.63) is 18.2 Å². The standard InChI is InChI=1S/C19H32N8O6/c20-6-2-1-3-12(21)17(30)27-13(4-5-15(22)28)18(31)24-9-16(29)26-14(19(32)33)7-11-8-23-10-25-11/h8,10,12-14H,1-7,9,20-21H2,(H2,22,28)(H,23,25)(H,24,31)(H,26,29)(H,27,30)(H,32,33). The number of carbonyl (C=O) groups is 5. The molecule has 1 heterocycles. The van der Waals surface area contributed by atoms with Gasteiger partial charge in [0.1, 0.15) is 12.1 Å². The third kappa shape index (κ3) is 11.1. The Kier molecular flexibility index (Phi) is 12.1. The summed E-state index contributed by atoms with van der Waals surface area (Å²) in [6.07, 6.45) is 4.18. The van der Waals surface area contributed by atoms with Crippen molar-refractivity contribution in [2.24, 2.45) is 17.2 Å². The van der Waals surface area contributed by atoms with Gasteiger partial charge in [-0.1, -0.05) is 6.42 Å². The van der Waals surface area contributed by atoms with Gasteiger partial charge in [0.15, 0.2) is 0 Å². The van der Waals surface area contributed by atoms with Gasteiger partial charge >= 0.3 is 5.97 Å². The fraction of sp³-hybridized carbons (Fsp3) is 0.579. The van der Waals surface area contributed by atoms with Crippen molar-refractivity contribution in [3.8, 4) is 0 Å². The highest BCUT2D eigenvalue weighted by Crippen LogP contribution is 2.03. The van der Waals surface area contributed by atoms with Crippen LogP contribution in [-0.4, -0.2) is 75.9 Å². The third-order valence-electron chi connectivity index (χ3n) is 4.65. The van der Waals surface area contributed by atoms with Gasteiger partial charge in [-0.15, -0.1) is 0 Å². The number of carboxylic acid groups (broad SMARTS) is 1. The van der Waals surface area contributed by atoms with E-state index in [-0.39, 0.29) is 19.3 Å². The summed E-state index contributed by atoms with van der Waals surface area (Å²) in [6, 6.07) is -3.27. The first kappa shape index (κ1) is 27.5. The lowest BCUT2D eigenvalue weighted by molar-refractivity contribution is -0.141. The summed E-state index contributed by atoms with van der Waals surface area (Å²) in [5.74, 6) is -4.02. The second kappa shape index (κ2) is 14.5. The van der Waals surface area contributed by atoms with Crippen LogP contribution in [0.4, 0.5) is 0 Å². The van der Waals surface area contributed by atoms with E-state index in [4.69, 9.17) is 17.2 Å². The molecule has 11 N–H and O–H groups in total. The zero-order valence-electron chi connectivity index (χ0n) is 18.2.